The number of pyridine rings is 1. The van der Waals surface area contributed by atoms with E-state index in [1.54, 1.807) is 0 Å². The molecule has 0 fully saturated rings. The fraction of sp³-hybridized carbons (Fsp3) is 0.250. The molecule has 2 aromatic rings. The lowest BCUT2D eigenvalue weighted by Gasteiger charge is -2.16. The van der Waals surface area contributed by atoms with Crippen molar-refractivity contribution in [2.75, 3.05) is 0 Å². The van der Waals surface area contributed by atoms with Crippen LogP contribution in [0.1, 0.15) is 5.69 Å². The Kier molecular flexibility index (Phi) is 2.17. The van der Waals surface area contributed by atoms with Crippen molar-refractivity contribution >= 4 is 19.0 Å². The Bertz CT molecular complexity index is 541. The molecule has 2 rings (SSSR count). The molecule has 0 amide bonds. The van der Waals surface area contributed by atoms with E-state index in [2.05, 4.69) is 34.9 Å². The van der Waals surface area contributed by atoms with Crippen molar-refractivity contribution in [2.24, 2.45) is 0 Å². The summed E-state index contributed by atoms with van der Waals surface area (Å²) in [6, 6.07) is 5.99. The highest BCUT2D eigenvalue weighted by Gasteiger charge is 2.24. The van der Waals surface area contributed by atoms with Crippen molar-refractivity contribution in [1.29, 1.82) is 0 Å². The smallest absolute Gasteiger partial charge is 0.138 e. The zero-order valence-electron chi connectivity index (χ0n) is 9.28. The van der Waals surface area contributed by atoms with Crippen molar-refractivity contribution in [1.82, 2.24) is 9.38 Å². The van der Waals surface area contributed by atoms with E-state index in [1.807, 2.05) is 24.4 Å². The summed E-state index contributed by atoms with van der Waals surface area (Å²) in [6.07, 6.45) is 7.55. The highest BCUT2D eigenvalue weighted by molar-refractivity contribution is 6.88. The SMILES string of the molecule is C#Cc1nc2ccccn2c1[Si](C)(C)C. The minimum absolute atomic E-state index is 0.806. The molecule has 76 valence electrons. The van der Waals surface area contributed by atoms with Crippen LogP contribution in [0.15, 0.2) is 24.4 Å². The predicted octanol–water partition coefficient (Wildman–Crippen LogP) is 1.86. The second-order valence-corrected chi connectivity index (χ2v) is 9.61. The van der Waals surface area contributed by atoms with E-state index >= 15 is 0 Å². The van der Waals surface area contributed by atoms with Gasteiger partial charge < -0.3 is 4.40 Å². The summed E-state index contributed by atoms with van der Waals surface area (Å²) < 4.78 is 2.13. The van der Waals surface area contributed by atoms with Gasteiger partial charge in [-0.2, -0.15) is 0 Å². The Balaban J connectivity index is 2.86. The topological polar surface area (TPSA) is 17.3 Å². The van der Waals surface area contributed by atoms with Crippen LogP contribution >= 0.6 is 0 Å². The van der Waals surface area contributed by atoms with Gasteiger partial charge in [-0.05, 0) is 18.1 Å². The molecule has 2 heterocycles. The van der Waals surface area contributed by atoms with E-state index in [0.29, 0.717) is 0 Å². The lowest BCUT2D eigenvalue weighted by atomic mass is 10.5. The van der Waals surface area contributed by atoms with Crippen molar-refractivity contribution < 1.29 is 0 Å². The molecule has 0 N–H and O–H groups in total. The Morgan fingerprint density at radius 1 is 1.33 bits per heavy atom. The summed E-state index contributed by atoms with van der Waals surface area (Å²) in [6.45, 7) is 6.85. The molecule has 15 heavy (non-hydrogen) atoms. The maximum atomic E-state index is 5.51. The van der Waals surface area contributed by atoms with Crippen LogP contribution in [0.2, 0.25) is 19.6 Å². The molecule has 0 aromatic carbocycles. The van der Waals surface area contributed by atoms with E-state index in [-0.39, 0.29) is 0 Å². The van der Waals surface area contributed by atoms with E-state index in [0.717, 1.165) is 11.3 Å². The summed E-state index contributed by atoms with van der Waals surface area (Å²) in [7, 11) is -1.45. The van der Waals surface area contributed by atoms with Crippen LogP contribution in [0, 0.1) is 12.3 Å². The largest absolute Gasteiger partial charge is 0.307 e. The Morgan fingerprint density at radius 3 is 2.67 bits per heavy atom. The van der Waals surface area contributed by atoms with Crippen molar-refractivity contribution in [3.05, 3.63) is 30.1 Å². The normalized spacial score (nSPS) is 11.6. The van der Waals surface area contributed by atoms with Crippen LogP contribution in [0.5, 0.6) is 0 Å². The van der Waals surface area contributed by atoms with Gasteiger partial charge in [0.25, 0.3) is 0 Å². The number of terminal acetylenes is 1. The van der Waals surface area contributed by atoms with E-state index < -0.39 is 8.07 Å². The lowest BCUT2D eigenvalue weighted by Crippen LogP contribution is -2.42. The molecule has 0 saturated carbocycles. The van der Waals surface area contributed by atoms with Gasteiger partial charge in [-0.3, -0.25) is 0 Å². The molecule has 0 radical (unpaired) electrons. The molecular weight excluding hydrogens is 200 g/mol. The molecule has 0 aliphatic heterocycles. The molecule has 2 aromatic heterocycles. The maximum absolute atomic E-state index is 5.51. The minimum atomic E-state index is -1.45. The number of rotatable bonds is 1. The second kappa shape index (κ2) is 3.25. The minimum Gasteiger partial charge on any atom is -0.307 e. The van der Waals surface area contributed by atoms with Gasteiger partial charge in [0, 0.05) is 11.5 Å². The average Bonchev–Trinajstić information content (AvgIpc) is 2.54. The van der Waals surface area contributed by atoms with Crippen LogP contribution in [-0.2, 0) is 0 Å². The molecule has 0 spiro atoms. The number of aromatic nitrogens is 2. The summed E-state index contributed by atoms with van der Waals surface area (Å²) >= 11 is 0. The van der Waals surface area contributed by atoms with E-state index in [4.69, 9.17) is 6.42 Å². The molecule has 3 heteroatoms. The van der Waals surface area contributed by atoms with Gasteiger partial charge in [0.15, 0.2) is 0 Å². The highest BCUT2D eigenvalue weighted by Crippen LogP contribution is 2.09. The quantitative estimate of drug-likeness (QED) is 0.523. The van der Waals surface area contributed by atoms with Crippen molar-refractivity contribution in [3.63, 3.8) is 0 Å². The van der Waals surface area contributed by atoms with E-state index in [1.165, 1.54) is 5.32 Å². The van der Waals surface area contributed by atoms with Crippen LogP contribution in [0.4, 0.5) is 0 Å². The lowest BCUT2D eigenvalue weighted by molar-refractivity contribution is 1.21. The van der Waals surface area contributed by atoms with Gasteiger partial charge in [-0.25, -0.2) is 4.98 Å². The zero-order valence-corrected chi connectivity index (χ0v) is 10.3. The second-order valence-electron chi connectivity index (χ2n) is 4.63. The van der Waals surface area contributed by atoms with Gasteiger partial charge in [0.05, 0.1) is 0 Å². The first-order valence-corrected chi connectivity index (χ1v) is 8.48. The van der Waals surface area contributed by atoms with Crippen LogP contribution in [0.25, 0.3) is 5.65 Å². The molecular formula is C12H14N2Si. The first kappa shape index (κ1) is 10.0. The first-order valence-electron chi connectivity index (χ1n) is 4.98. The Morgan fingerprint density at radius 2 is 2.07 bits per heavy atom. The van der Waals surface area contributed by atoms with Gasteiger partial charge in [-0.15, -0.1) is 6.42 Å². The standard InChI is InChI=1S/C12H14N2Si/c1-5-10-12(15(2,3)4)14-9-7-6-8-11(14)13-10/h1,6-9H,2-4H3. The van der Waals surface area contributed by atoms with Gasteiger partial charge in [-0.1, -0.05) is 25.7 Å². The zero-order chi connectivity index (χ0) is 11.1. The predicted molar refractivity (Wildman–Crippen MR) is 66.1 cm³/mol. The number of fused-ring (bicyclic) bond motifs is 1. The number of nitrogens with zero attached hydrogens (tertiary/aromatic N) is 2. The number of hydrogen-bond acceptors (Lipinski definition) is 1. The summed E-state index contributed by atoms with van der Waals surface area (Å²) in [5, 5.41) is 1.24. The van der Waals surface area contributed by atoms with Crippen LogP contribution in [-0.4, -0.2) is 17.5 Å². The van der Waals surface area contributed by atoms with Crippen LogP contribution < -0.4 is 5.32 Å². The summed E-state index contributed by atoms with van der Waals surface area (Å²) in [5.41, 5.74) is 1.75. The fourth-order valence-corrected chi connectivity index (χ4v) is 3.56. The monoisotopic (exact) mass is 214 g/mol. The highest BCUT2D eigenvalue weighted by atomic mass is 28.3. The Labute approximate surface area is 91.0 Å². The van der Waals surface area contributed by atoms with Gasteiger partial charge in [0.2, 0.25) is 0 Å². The molecule has 0 atom stereocenters. The van der Waals surface area contributed by atoms with Gasteiger partial charge >= 0.3 is 0 Å². The van der Waals surface area contributed by atoms with Crippen LogP contribution in [0.3, 0.4) is 0 Å². The molecule has 0 unspecified atom stereocenters. The Hall–Kier alpha value is -1.53. The maximum Gasteiger partial charge on any atom is 0.138 e. The molecule has 0 aliphatic rings. The fourth-order valence-electron chi connectivity index (χ4n) is 1.81. The third-order valence-electron chi connectivity index (χ3n) is 2.38. The molecule has 0 aliphatic carbocycles. The average molecular weight is 214 g/mol. The summed E-state index contributed by atoms with van der Waals surface area (Å²) in [5.74, 6) is 2.69. The molecule has 0 saturated heterocycles. The van der Waals surface area contributed by atoms with Crippen molar-refractivity contribution in [2.45, 2.75) is 19.6 Å². The van der Waals surface area contributed by atoms with Gasteiger partial charge in [0.1, 0.15) is 19.4 Å². The third-order valence-corrected chi connectivity index (χ3v) is 4.28. The van der Waals surface area contributed by atoms with Crippen molar-refractivity contribution in [3.8, 4) is 12.3 Å². The number of hydrogen-bond donors (Lipinski definition) is 0. The molecule has 2 nitrogen and oxygen atoms in total. The first-order chi connectivity index (χ1) is 7.04. The summed E-state index contributed by atoms with van der Waals surface area (Å²) in [4.78, 5) is 4.46. The molecule has 0 bridgehead atoms. The van der Waals surface area contributed by atoms with E-state index in [9.17, 15) is 0 Å². The third kappa shape index (κ3) is 1.57. The number of imidazole rings is 1.